The Labute approximate surface area is 169 Å². The standard InChI is InChI=1S/C18H23ClN4O3.ClH/c1-4-25-13-9-18(20,17(13,2)3)16(24)21-10-14-22-15(23-26-14)11-6-5-7-12(19)8-11;/h5-8,13H,4,9-10,20H2,1-3H3,(H,21,24);1H. The van der Waals surface area contributed by atoms with E-state index in [1.807, 2.05) is 26.8 Å². The molecule has 0 radical (unpaired) electrons. The van der Waals surface area contributed by atoms with Crippen molar-refractivity contribution in [1.29, 1.82) is 0 Å². The van der Waals surface area contributed by atoms with Gasteiger partial charge in [0.1, 0.15) is 5.54 Å². The number of amides is 1. The maximum Gasteiger partial charge on any atom is 0.246 e. The van der Waals surface area contributed by atoms with Gasteiger partial charge in [-0.2, -0.15) is 4.98 Å². The van der Waals surface area contributed by atoms with Crippen LogP contribution < -0.4 is 11.1 Å². The van der Waals surface area contributed by atoms with E-state index in [4.69, 9.17) is 26.6 Å². The second kappa shape index (κ2) is 8.14. The van der Waals surface area contributed by atoms with E-state index in [1.54, 1.807) is 18.2 Å². The summed E-state index contributed by atoms with van der Waals surface area (Å²) in [5.41, 5.74) is 5.66. The number of hydrogen-bond donors (Lipinski definition) is 2. The van der Waals surface area contributed by atoms with Crippen LogP contribution in [0.2, 0.25) is 5.02 Å². The van der Waals surface area contributed by atoms with Gasteiger partial charge in [-0.15, -0.1) is 12.4 Å². The Morgan fingerprint density at radius 3 is 2.85 bits per heavy atom. The Morgan fingerprint density at radius 2 is 2.22 bits per heavy atom. The Morgan fingerprint density at radius 1 is 1.48 bits per heavy atom. The third-order valence-corrected chi connectivity index (χ3v) is 5.42. The summed E-state index contributed by atoms with van der Waals surface area (Å²) in [5.74, 6) is 0.468. The zero-order valence-corrected chi connectivity index (χ0v) is 17.1. The smallest absolute Gasteiger partial charge is 0.246 e. The highest BCUT2D eigenvalue weighted by Crippen LogP contribution is 2.49. The number of carbonyl (C=O) groups is 1. The number of nitrogens with zero attached hydrogens (tertiary/aromatic N) is 2. The molecule has 2 unspecified atom stereocenters. The molecule has 1 heterocycles. The van der Waals surface area contributed by atoms with Crippen LogP contribution in [0.3, 0.4) is 0 Å². The molecule has 148 valence electrons. The van der Waals surface area contributed by atoms with Crippen LogP contribution in [-0.2, 0) is 16.1 Å². The molecule has 1 aromatic carbocycles. The maximum atomic E-state index is 12.6. The molecule has 0 aliphatic heterocycles. The van der Waals surface area contributed by atoms with Crippen molar-refractivity contribution >= 4 is 29.9 Å². The summed E-state index contributed by atoms with van der Waals surface area (Å²) in [6, 6.07) is 7.15. The second-order valence-corrected chi connectivity index (χ2v) is 7.48. The minimum Gasteiger partial charge on any atom is -0.378 e. The lowest BCUT2D eigenvalue weighted by atomic mass is 9.54. The summed E-state index contributed by atoms with van der Waals surface area (Å²) in [6.07, 6.45) is 0.457. The number of halogens is 2. The van der Waals surface area contributed by atoms with Crippen LogP contribution >= 0.6 is 24.0 Å². The molecule has 0 bridgehead atoms. The minimum atomic E-state index is -0.983. The van der Waals surface area contributed by atoms with Gasteiger partial charge in [0.15, 0.2) is 0 Å². The summed E-state index contributed by atoms with van der Waals surface area (Å²) in [4.78, 5) is 16.9. The molecule has 3 rings (SSSR count). The maximum absolute atomic E-state index is 12.6. The highest BCUT2D eigenvalue weighted by Gasteiger charge is 2.62. The van der Waals surface area contributed by atoms with Crippen molar-refractivity contribution in [1.82, 2.24) is 15.5 Å². The van der Waals surface area contributed by atoms with E-state index in [0.717, 1.165) is 5.56 Å². The van der Waals surface area contributed by atoms with Crippen LogP contribution in [0.4, 0.5) is 0 Å². The SMILES string of the molecule is CCOC1CC(N)(C(=O)NCc2nc(-c3cccc(Cl)c3)no2)C1(C)C.Cl. The molecule has 1 aromatic heterocycles. The number of rotatable bonds is 6. The third-order valence-electron chi connectivity index (χ3n) is 5.19. The molecular formula is C18H24Cl2N4O3. The molecule has 1 fully saturated rings. The molecule has 1 saturated carbocycles. The third kappa shape index (κ3) is 3.96. The molecule has 0 spiro atoms. The van der Waals surface area contributed by atoms with Gasteiger partial charge < -0.3 is 20.3 Å². The number of hydrogen-bond acceptors (Lipinski definition) is 6. The largest absolute Gasteiger partial charge is 0.378 e. The van der Waals surface area contributed by atoms with Crippen LogP contribution in [0.25, 0.3) is 11.4 Å². The molecular weight excluding hydrogens is 391 g/mol. The van der Waals surface area contributed by atoms with Crippen molar-refractivity contribution < 1.29 is 14.1 Å². The quantitative estimate of drug-likeness (QED) is 0.752. The molecule has 27 heavy (non-hydrogen) atoms. The number of nitrogens with two attached hydrogens (primary N) is 1. The first-order chi connectivity index (χ1) is 12.3. The van der Waals surface area contributed by atoms with Crippen molar-refractivity contribution in [2.75, 3.05) is 6.61 Å². The molecule has 1 amide bonds. The summed E-state index contributed by atoms with van der Waals surface area (Å²) in [5, 5.41) is 7.30. The number of benzene rings is 1. The fraction of sp³-hybridized carbons (Fsp3) is 0.500. The van der Waals surface area contributed by atoms with Crippen LogP contribution in [0.5, 0.6) is 0 Å². The van der Waals surface area contributed by atoms with Crippen molar-refractivity contribution in [2.24, 2.45) is 11.1 Å². The Hall–Kier alpha value is -1.67. The molecule has 9 heteroatoms. The predicted octanol–water partition coefficient (Wildman–Crippen LogP) is 2.96. The molecule has 0 saturated heterocycles. The zero-order chi connectivity index (χ0) is 18.9. The van der Waals surface area contributed by atoms with Gasteiger partial charge in [0.25, 0.3) is 0 Å². The number of aromatic nitrogens is 2. The topological polar surface area (TPSA) is 103 Å². The number of carbonyl (C=O) groups excluding carboxylic acids is 1. The van der Waals surface area contributed by atoms with Crippen LogP contribution in [0, 0.1) is 5.41 Å². The second-order valence-electron chi connectivity index (χ2n) is 7.05. The van der Waals surface area contributed by atoms with E-state index in [-0.39, 0.29) is 31.0 Å². The van der Waals surface area contributed by atoms with Crippen molar-refractivity contribution in [2.45, 2.75) is 45.4 Å². The number of ether oxygens (including phenoxy) is 1. The highest BCUT2D eigenvalue weighted by atomic mass is 35.5. The van der Waals surface area contributed by atoms with Gasteiger partial charge in [-0.25, -0.2) is 0 Å². The average molecular weight is 415 g/mol. The van der Waals surface area contributed by atoms with Gasteiger partial charge in [-0.05, 0) is 19.1 Å². The molecule has 2 aromatic rings. The molecule has 1 aliphatic carbocycles. The first-order valence-electron chi connectivity index (χ1n) is 8.55. The Bertz CT molecular complexity index is 811. The molecule has 1 aliphatic rings. The van der Waals surface area contributed by atoms with Gasteiger partial charge in [-0.3, -0.25) is 4.79 Å². The Kier molecular flexibility index (Phi) is 6.52. The summed E-state index contributed by atoms with van der Waals surface area (Å²) >= 11 is 5.97. The number of nitrogens with one attached hydrogen (secondary N) is 1. The first kappa shape index (κ1) is 21.6. The van der Waals surface area contributed by atoms with E-state index in [9.17, 15) is 4.79 Å². The van der Waals surface area contributed by atoms with Gasteiger partial charge >= 0.3 is 0 Å². The van der Waals surface area contributed by atoms with Gasteiger partial charge in [0.05, 0.1) is 12.6 Å². The lowest BCUT2D eigenvalue weighted by molar-refractivity contribution is -0.170. The normalized spacial score (nSPS) is 23.2. The minimum absolute atomic E-state index is 0. The summed E-state index contributed by atoms with van der Waals surface area (Å²) in [7, 11) is 0. The van der Waals surface area contributed by atoms with Crippen molar-refractivity contribution in [3.8, 4) is 11.4 Å². The van der Waals surface area contributed by atoms with Crippen LogP contribution in [0.15, 0.2) is 28.8 Å². The average Bonchev–Trinajstić information content (AvgIpc) is 3.08. The van der Waals surface area contributed by atoms with E-state index in [1.165, 1.54) is 0 Å². The van der Waals surface area contributed by atoms with E-state index in [0.29, 0.717) is 29.8 Å². The summed E-state index contributed by atoms with van der Waals surface area (Å²) in [6.45, 7) is 6.53. The van der Waals surface area contributed by atoms with Gasteiger partial charge in [0.2, 0.25) is 17.6 Å². The summed E-state index contributed by atoms with van der Waals surface area (Å²) < 4.78 is 10.9. The van der Waals surface area contributed by atoms with Crippen molar-refractivity contribution in [3.05, 3.63) is 35.2 Å². The van der Waals surface area contributed by atoms with Gasteiger partial charge in [0, 0.05) is 29.0 Å². The van der Waals surface area contributed by atoms with E-state index in [2.05, 4.69) is 15.5 Å². The first-order valence-corrected chi connectivity index (χ1v) is 8.93. The molecule has 3 N–H and O–H groups in total. The predicted molar refractivity (Wildman–Crippen MR) is 105 cm³/mol. The van der Waals surface area contributed by atoms with E-state index >= 15 is 0 Å². The van der Waals surface area contributed by atoms with Crippen molar-refractivity contribution in [3.63, 3.8) is 0 Å². The fourth-order valence-corrected chi connectivity index (χ4v) is 3.40. The molecule has 7 nitrogen and oxygen atoms in total. The van der Waals surface area contributed by atoms with Crippen LogP contribution in [-0.4, -0.2) is 34.3 Å². The highest BCUT2D eigenvalue weighted by molar-refractivity contribution is 6.30. The van der Waals surface area contributed by atoms with E-state index < -0.39 is 11.0 Å². The van der Waals surface area contributed by atoms with Gasteiger partial charge in [-0.1, -0.05) is 42.7 Å². The lowest BCUT2D eigenvalue weighted by Gasteiger charge is -2.57. The Balaban J connectivity index is 0.00000261. The zero-order valence-electron chi connectivity index (χ0n) is 15.5. The van der Waals surface area contributed by atoms with Crippen LogP contribution in [0.1, 0.15) is 33.1 Å². The molecule has 2 atom stereocenters. The lowest BCUT2D eigenvalue weighted by Crippen LogP contribution is -2.75. The monoisotopic (exact) mass is 414 g/mol. The fourth-order valence-electron chi connectivity index (χ4n) is 3.21.